The van der Waals surface area contributed by atoms with Gasteiger partial charge in [0, 0.05) is 89.3 Å². The minimum Gasteiger partial charge on any atom is -0.475 e. The fourth-order valence-corrected chi connectivity index (χ4v) is 7.30. The number of nitrogens with one attached hydrogen (secondary N) is 6. The number of aliphatic imine (C=N–C) groups is 2. The molecule has 0 unspecified atom stereocenters. The Morgan fingerprint density at radius 2 is 0.875 bits per heavy atom. The second-order valence-electron chi connectivity index (χ2n) is 20.5. The molecule has 0 saturated heterocycles. The van der Waals surface area contributed by atoms with E-state index >= 15 is 0 Å². The van der Waals surface area contributed by atoms with Crippen molar-refractivity contribution in [3.63, 3.8) is 0 Å². The quantitative estimate of drug-likeness (QED) is 0.0132. The summed E-state index contributed by atoms with van der Waals surface area (Å²) in [5, 5.41) is 59.0. The van der Waals surface area contributed by atoms with Crippen molar-refractivity contribution in [2.45, 2.75) is 158 Å². The van der Waals surface area contributed by atoms with Gasteiger partial charge in [0.05, 0.1) is 18.9 Å². The minimum absolute atomic E-state index is 0.00868. The lowest BCUT2D eigenvalue weighted by atomic mass is 10.0. The molecule has 1 heterocycles. The monoisotopic (exact) mass is 1570 g/mol. The number of halogens is 15. The first-order valence-electron chi connectivity index (χ1n) is 30.0. The number of nitrogens with zero attached hydrogens (tertiary/aromatic N) is 5. The number of carboxylic acid groups (broad SMARTS) is 5. The Labute approximate surface area is 587 Å². The van der Waals surface area contributed by atoms with Gasteiger partial charge in [0.25, 0.3) is 0 Å². The number of nitrogens with two attached hydrogens (primary N) is 6. The van der Waals surface area contributed by atoms with Gasteiger partial charge in [-0.3, -0.25) is 43.5 Å². The normalized spacial score (nSPS) is 12.2. The predicted octanol–water partition coefficient (Wildman–Crippen LogP) is -0.301. The number of aryl methyl sites for hydroxylation is 1. The van der Waals surface area contributed by atoms with E-state index < -0.39 is 109 Å². The third kappa shape index (κ3) is 58.1. The Morgan fingerprint density at radius 3 is 1.25 bits per heavy atom. The number of aliphatic carboxylic acids is 5. The van der Waals surface area contributed by atoms with E-state index in [4.69, 9.17) is 83.9 Å². The number of alkyl halides is 15. The lowest BCUT2D eigenvalue weighted by Gasteiger charge is -2.33. The summed E-state index contributed by atoms with van der Waals surface area (Å²) < 4.78 is 159. The number of aliphatic hydroxyl groups is 1. The first-order chi connectivity index (χ1) is 47.8. The lowest BCUT2D eigenvalue weighted by Crippen LogP contribution is -2.55. The van der Waals surface area contributed by atoms with Crippen molar-refractivity contribution >= 4 is 95.7 Å². The van der Waals surface area contributed by atoms with E-state index in [9.17, 15) is 105 Å². The number of aromatic nitrogens is 2. The predicted molar refractivity (Wildman–Crippen MR) is 335 cm³/mol. The Balaban J connectivity index is -0.000000753. The zero-order valence-corrected chi connectivity index (χ0v) is 56.1. The number of unbranched alkanes of at least 4 members (excludes halogenated alkanes) is 4. The average molecular weight is 1570 g/mol. The first kappa shape index (κ1) is 103. The zero-order chi connectivity index (χ0) is 81.8. The maximum absolute atomic E-state index is 14.3. The largest absolute Gasteiger partial charge is 0.490 e. The van der Waals surface area contributed by atoms with E-state index in [1.165, 1.54) is 23.1 Å². The molecule has 0 radical (unpaired) electrons. The highest BCUT2D eigenvalue weighted by Gasteiger charge is 2.41. The molecule has 0 spiro atoms. The summed E-state index contributed by atoms with van der Waals surface area (Å²) in [7, 11) is 0. The molecule has 602 valence electrons. The van der Waals surface area contributed by atoms with Gasteiger partial charge in [-0.1, -0.05) is 6.42 Å². The molecule has 24 N–H and O–H groups in total. The van der Waals surface area contributed by atoms with Gasteiger partial charge in [-0.15, -0.1) is 0 Å². The second kappa shape index (κ2) is 55.2. The van der Waals surface area contributed by atoms with Gasteiger partial charge in [0.1, 0.15) is 18.1 Å². The number of aliphatic hydroxyl groups excluding tert-OH is 1. The molecule has 1 aromatic heterocycles. The summed E-state index contributed by atoms with van der Waals surface area (Å²) >= 11 is 4.20. The van der Waals surface area contributed by atoms with Gasteiger partial charge in [0.2, 0.25) is 41.4 Å². The van der Waals surface area contributed by atoms with Crippen molar-refractivity contribution in [2.24, 2.45) is 44.4 Å². The van der Waals surface area contributed by atoms with E-state index in [1.54, 1.807) is 6.20 Å². The van der Waals surface area contributed by atoms with Crippen LogP contribution in [0.2, 0.25) is 0 Å². The van der Waals surface area contributed by atoms with E-state index in [-0.39, 0.29) is 126 Å². The number of carboxylic acids is 5. The standard InChI is InChI=1S/C43H81N17O8S.5C2HF3O2/c1-30(61)26-36(63)58-32(28-69)39(66)53-22-24-59(37(64)13-5-8-18-55-42(46)47)33(10-4-7-17-45)41(68)54-23-25-60(38(65)15-14-31-27-50-29-57-31)34(11-9-19-56-43(48)49)40(67)52-21-20-51-35(62)12-3-2-6-16-44;5*3-2(4,5)1(6)7/h27,29-30,32-34,61,69H,2-26,28,44-45H2,1H3,(H,50,57)(H,51,62)(H,52,67)(H,53,66)(H,54,68)(H,58,63)(H4,46,47,55)(H4,48,49,56);5*(H,6,7)/t30-,32+,33+,34+;;;;;/m1...../s1. The molecule has 4 atom stereocenters. The van der Waals surface area contributed by atoms with Gasteiger partial charge in [-0.25, -0.2) is 29.0 Å². The zero-order valence-electron chi connectivity index (χ0n) is 55.2. The SMILES string of the molecule is C[C@@H](O)CC(=O)N[C@@H](CS)C(=O)NCCN(C(=O)CCCCN=C(N)N)[C@@H](CCCCN)C(=O)NCCN(C(=O)CCc1cnc[nH]1)[C@@H](CCCN=C(N)N)C(=O)NCCNC(=O)CCCCCN.O=C(O)C(F)(F)F.O=C(O)C(F)(F)F.O=C(O)C(F)(F)F.O=C(O)C(F)(F)F.O=C(O)C(F)(F)F. The highest BCUT2D eigenvalue weighted by molar-refractivity contribution is 7.80. The van der Waals surface area contributed by atoms with Crippen LogP contribution in [0.15, 0.2) is 22.5 Å². The minimum atomic E-state index is -5.08. The van der Waals surface area contributed by atoms with Gasteiger partial charge >= 0.3 is 60.7 Å². The number of guanidine groups is 2. The van der Waals surface area contributed by atoms with E-state index in [2.05, 4.69) is 59.2 Å². The Hall–Kier alpha value is -9.43. The maximum Gasteiger partial charge on any atom is 0.490 e. The number of carbonyl (C=O) groups excluding carboxylic acids is 7. The fourth-order valence-electron chi connectivity index (χ4n) is 7.04. The number of H-pyrrole nitrogens is 1. The van der Waals surface area contributed by atoms with Crippen LogP contribution in [0, 0.1) is 0 Å². The van der Waals surface area contributed by atoms with Crippen LogP contribution in [0.5, 0.6) is 0 Å². The maximum atomic E-state index is 14.3. The molecular weight excluding hydrogens is 1480 g/mol. The molecular formula is C53H86F15N17O18S. The molecule has 0 aliphatic carbocycles. The lowest BCUT2D eigenvalue weighted by molar-refractivity contribution is -0.193. The Bertz CT molecular complexity index is 2660. The summed E-state index contributed by atoms with van der Waals surface area (Å²) in [6.45, 7) is 2.61. The van der Waals surface area contributed by atoms with Crippen LogP contribution < -0.4 is 61.0 Å². The molecule has 0 aliphatic rings. The third-order valence-corrected chi connectivity index (χ3v) is 12.2. The Morgan fingerprint density at radius 1 is 0.510 bits per heavy atom. The molecule has 7 amide bonds. The van der Waals surface area contributed by atoms with E-state index in [0.29, 0.717) is 63.7 Å². The van der Waals surface area contributed by atoms with Crippen LogP contribution in [-0.2, 0) is 64.0 Å². The number of hydrogen-bond donors (Lipinski definition) is 19. The van der Waals surface area contributed by atoms with Crippen molar-refractivity contribution in [3.8, 4) is 0 Å². The highest BCUT2D eigenvalue weighted by Crippen LogP contribution is 2.18. The smallest absolute Gasteiger partial charge is 0.475 e. The number of amides is 7. The Kier molecular flexibility index (Phi) is 54.7. The first-order valence-corrected chi connectivity index (χ1v) is 30.6. The topological polar surface area (TPSA) is 602 Å². The third-order valence-electron chi connectivity index (χ3n) is 11.8. The number of rotatable bonds is 39. The van der Waals surface area contributed by atoms with Crippen LogP contribution in [-0.4, -0.2) is 260 Å². The van der Waals surface area contributed by atoms with Gasteiger partial charge in [-0.05, 0) is 84.2 Å². The molecule has 0 aromatic carbocycles. The van der Waals surface area contributed by atoms with Gasteiger partial charge < -0.3 is 106 Å². The van der Waals surface area contributed by atoms with E-state index in [1.807, 2.05) is 0 Å². The summed E-state index contributed by atoms with van der Waals surface area (Å²) in [6, 6.07) is -3.10. The second-order valence-corrected chi connectivity index (χ2v) is 20.8. The molecule has 104 heavy (non-hydrogen) atoms. The molecule has 0 bridgehead atoms. The summed E-state index contributed by atoms with van der Waals surface area (Å²) in [5.41, 5.74) is 34.1. The fraction of sp³-hybridized carbons (Fsp3) is 0.679. The number of hydrogen-bond acceptors (Lipinski definition) is 19. The van der Waals surface area contributed by atoms with E-state index in [0.717, 1.165) is 12.8 Å². The summed E-state index contributed by atoms with van der Waals surface area (Å²) in [4.78, 5) is 156. The highest BCUT2D eigenvalue weighted by atomic mass is 32.1. The van der Waals surface area contributed by atoms with Crippen LogP contribution in [0.1, 0.15) is 103 Å². The molecule has 35 nitrogen and oxygen atoms in total. The molecule has 51 heteroatoms. The van der Waals surface area contributed by atoms with Crippen molar-refractivity contribution in [1.82, 2.24) is 46.4 Å². The number of aromatic amines is 1. The molecule has 1 rings (SSSR count). The van der Waals surface area contributed by atoms with Crippen LogP contribution in [0.4, 0.5) is 65.9 Å². The number of imidazole rings is 1. The summed E-state index contributed by atoms with van der Waals surface area (Å²) in [5.74, 6) is -17.1. The molecule has 1 aromatic rings. The molecule has 0 saturated carbocycles. The summed E-state index contributed by atoms with van der Waals surface area (Å²) in [6.07, 6.45) is -18.0. The van der Waals surface area contributed by atoms with Crippen molar-refractivity contribution in [3.05, 3.63) is 18.2 Å². The van der Waals surface area contributed by atoms with Crippen molar-refractivity contribution < 1.29 is 154 Å². The van der Waals surface area contributed by atoms with Crippen molar-refractivity contribution in [1.29, 1.82) is 0 Å². The van der Waals surface area contributed by atoms with Crippen molar-refractivity contribution in [2.75, 3.05) is 71.2 Å². The van der Waals surface area contributed by atoms with Gasteiger partial charge in [0.15, 0.2) is 11.9 Å². The van der Waals surface area contributed by atoms with Crippen LogP contribution in [0.25, 0.3) is 0 Å². The number of carbonyl (C=O) groups is 12. The number of thiol groups is 1. The van der Waals surface area contributed by atoms with Gasteiger partial charge in [-0.2, -0.15) is 78.5 Å². The van der Waals surface area contributed by atoms with Crippen LogP contribution in [0.3, 0.4) is 0 Å². The van der Waals surface area contributed by atoms with Crippen LogP contribution >= 0.6 is 12.6 Å². The molecule has 0 aliphatic heterocycles. The average Bonchev–Trinajstić information content (AvgIpc) is 0.929. The molecule has 0 fully saturated rings.